The van der Waals surface area contributed by atoms with E-state index >= 15 is 0 Å². The first kappa shape index (κ1) is 28.1. The molecule has 1 aromatic heterocycles. The molecule has 0 aliphatic rings. The lowest BCUT2D eigenvalue weighted by atomic mass is 10.3. The molecule has 2 aromatic rings. The molecule has 30 heavy (non-hydrogen) atoms. The number of benzene rings is 1. The first-order valence-electron chi connectivity index (χ1n) is 6.44. The van der Waals surface area contributed by atoms with Gasteiger partial charge in [0.1, 0.15) is 5.52 Å². The van der Waals surface area contributed by atoms with E-state index in [2.05, 4.69) is 14.2 Å². The van der Waals surface area contributed by atoms with E-state index in [1.165, 1.54) is 6.07 Å². The molecule has 0 saturated heterocycles. The third kappa shape index (κ3) is 6.31. The Morgan fingerprint density at radius 2 is 1.40 bits per heavy atom. The highest BCUT2D eigenvalue weighted by Crippen LogP contribution is 2.45. The van der Waals surface area contributed by atoms with Gasteiger partial charge in [0.25, 0.3) is 16.1 Å². The van der Waals surface area contributed by atoms with E-state index in [0.717, 1.165) is 6.07 Å². The fourth-order valence-electron chi connectivity index (χ4n) is 1.64. The maximum atomic E-state index is 12.7. The van der Waals surface area contributed by atoms with Crippen LogP contribution in [0.4, 0.5) is 0 Å². The Balaban J connectivity index is 2.71. The third-order valence-corrected chi connectivity index (χ3v) is 11.6. The molecule has 0 spiro atoms. The van der Waals surface area contributed by atoms with Crippen LogP contribution in [0.15, 0.2) is 26.3 Å². The van der Waals surface area contributed by atoms with Gasteiger partial charge in [0, 0.05) is 4.90 Å². The Kier molecular flexibility index (Phi) is 8.91. The van der Waals surface area contributed by atoms with Gasteiger partial charge in [-0.05, 0) is 12.1 Å². The lowest BCUT2D eigenvalue weighted by Gasteiger charge is -2.14. The number of sulfone groups is 2. The summed E-state index contributed by atoms with van der Waals surface area (Å²) in [5.41, 5.74) is -0.356. The minimum absolute atomic E-state index is 0.00173. The van der Waals surface area contributed by atoms with Crippen LogP contribution in [0.3, 0.4) is 0 Å². The number of rotatable bonds is 5. The third-order valence-electron chi connectivity index (χ3n) is 2.80. The Labute approximate surface area is 223 Å². The summed E-state index contributed by atoms with van der Waals surface area (Å²) in [5.74, 6) is 0. The second-order valence-corrected chi connectivity index (χ2v) is 19.0. The molecule has 0 bridgehead atoms. The summed E-state index contributed by atoms with van der Waals surface area (Å²) in [5, 5.41) is 0. The lowest BCUT2D eigenvalue weighted by Crippen LogP contribution is -2.20. The molecule has 7 nitrogen and oxygen atoms in total. The zero-order chi connectivity index (χ0) is 23.3. The van der Waals surface area contributed by atoms with E-state index in [4.69, 9.17) is 104 Å². The monoisotopic (exact) mass is 675 g/mol. The van der Waals surface area contributed by atoms with E-state index in [1.54, 1.807) is 0 Å². The highest BCUT2D eigenvalue weighted by molar-refractivity contribution is 7.99. The van der Waals surface area contributed by atoms with Crippen LogP contribution >= 0.6 is 128 Å². The molecule has 0 fully saturated rings. The molecular weight excluding hydrogens is 677 g/mol. The van der Waals surface area contributed by atoms with Gasteiger partial charge in [0.15, 0.2) is 0 Å². The first-order chi connectivity index (χ1) is 13.3. The number of aromatic nitrogens is 1. The van der Waals surface area contributed by atoms with Crippen LogP contribution in [0.5, 0.6) is 0 Å². The maximum Gasteiger partial charge on any atom is 0.327 e. The molecule has 0 atom stereocenters. The molecule has 0 saturated carbocycles. The van der Waals surface area contributed by atoms with Crippen molar-refractivity contribution in [3.8, 4) is 0 Å². The van der Waals surface area contributed by atoms with Crippen LogP contribution in [-0.4, -0.2) is 32.0 Å². The van der Waals surface area contributed by atoms with Gasteiger partial charge in [-0.2, -0.15) is 9.22 Å². The van der Waals surface area contributed by atoms with E-state index in [9.17, 15) is 16.8 Å². The maximum absolute atomic E-state index is 12.7. The van der Waals surface area contributed by atoms with Crippen LogP contribution in [0.2, 0.25) is 0 Å². The van der Waals surface area contributed by atoms with Crippen LogP contribution in [0.25, 0.3) is 10.2 Å². The number of fused-ring (bicyclic) bond motifs is 1. The van der Waals surface area contributed by atoms with Crippen molar-refractivity contribution in [2.75, 3.05) is 0 Å². The smallest absolute Gasteiger partial charge is 0.224 e. The summed E-state index contributed by atoms with van der Waals surface area (Å²) in [6.45, 7) is 0. The average molecular weight is 679 g/mol. The molecule has 0 aliphatic heterocycles. The summed E-state index contributed by atoms with van der Waals surface area (Å²) in [4.78, 5) is 7.55. The second kappa shape index (κ2) is 9.50. The summed E-state index contributed by atoms with van der Waals surface area (Å²) in [7, 11) is -9.28. The predicted octanol–water partition coefficient (Wildman–Crippen LogP) is 6.78. The average Bonchev–Trinajstić information content (AvgIpc) is 2.95. The lowest BCUT2D eigenvalue weighted by molar-refractivity contribution is -0.197. The fourth-order valence-corrected chi connectivity index (χ4v) is 7.62. The number of hydrogen-bond acceptors (Lipinski definition) is 9. The van der Waals surface area contributed by atoms with Gasteiger partial charge < -0.3 is 0 Å². The number of nitrogens with zero attached hydrogens (tertiary/aromatic N) is 1. The number of halogens is 9. The molecule has 0 aliphatic carbocycles. The van der Waals surface area contributed by atoms with Crippen LogP contribution in [0, 0.1) is 0 Å². The number of hydrogen-bond donors (Lipinski definition) is 0. The van der Waals surface area contributed by atoms with Gasteiger partial charge in [-0.3, -0.25) is 0 Å². The zero-order valence-electron chi connectivity index (χ0n) is 13.1. The minimum atomic E-state index is -4.69. The molecule has 1 aromatic carbocycles. The second-order valence-electron chi connectivity index (χ2n) is 4.83. The topological polar surface area (TPSA) is 99.6 Å². The zero-order valence-corrected chi connectivity index (χ0v) is 23.2. The van der Waals surface area contributed by atoms with E-state index < -0.39 is 39.1 Å². The molecule has 0 radical (unpaired) electrons. The van der Waals surface area contributed by atoms with Crippen molar-refractivity contribution in [3.05, 3.63) is 12.1 Å². The molecule has 0 N–H and O–H groups in total. The van der Waals surface area contributed by atoms with Crippen molar-refractivity contribution >= 4 is 158 Å². The highest BCUT2D eigenvalue weighted by Gasteiger charge is 2.44. The van der Waals surface area contributed by atoms with Crippen molar-refractivity contribution in [1.29, 1.82) is 0 Å². The van der Waals surface area contributed by atoms with Crippen molar-refractivity contribution in [1.82, 2.24) is 4.98 Å². The molecule has 2 rings (SSSR count). The minimum Gasteiger partial charge on any atom is -0.224 e. The number of thiazole rings is 1. The van der Waals surface area contributed by atoms with Gasteiger partial charge in [0.2, 0.25) is 14.2 Å². The summed E-state index contributed by atoms with van der Waals surface area (Å²) < 4.78 is 46.3. The Morgan fingerprint density at radius 1 is 0.867 bits per heavy atom. The van der Waals surface area contributed by atoms with Gasteiger partial charge in [-0.15, -0.1) is 11.3 Å². The van der Waals surface area contributed by atoms with Crippen LogP contribution < -0.4 is 0 Å². The molecule has 20 heteroatoms. The Bertz CT molecular complexity index is 1160. The van der Waals surface area contributed by atoms with Crippen molar-refractivity contribution in [2.24, 2.45) is 0 Å². The predicted molar refractivity (Wildman–Crippen MR) is 123 cm³/mol. The van der Waals surface area contributed by atoms with Gasteiger partial charge in [0.05, 0.1) is 21.6 Å². The summed E-state index contributed by atoms with van der Waals surface area (Å²) in [6.07, 6.45) is 0. The summed E-state index contributed by atoms with van der Waals surface area (Å²) >= 11 is 50.1. The van der Waals surface area contributed by atoms with Crippen molar-refractivity contribution in [2.45, 2.75) is 24.4 Å². The molecule has 1 heterocycles. The standard InChI is InChI=1S/C10H2Cl9NO6S4/c11-8(12,13)25-26-28-3-1-4-6(5(2-3)29(21,22)9(14,15)16)20-7(27-4)30(23,24)10(17,18)19/h1-2H. The molecular formula is C10H2Cl9NO6S4. The van der Waals surface area contributed by atoms with Crippen molar-refractivity contribution < 1.29 is 26.1 Å². The van der Waals surface area contributed by atoms with Gasteiger partial charge >= 0.3 is 3.98 Å². The van der Waals surface area contributed by atoms with Crippen LogP contribution in [-0.2, 0) is 28.9 Å². The number of alkyl halides is 9. The molecule has 0 amide bonds. The molecule has 170 valence electrons. The van der Waals surface area contributed by atoms with Crippen LogP contribution in [0.1, 0.15) is 0 Å². The normalized spacial score (nSPS) is 14.4. The molecule has 0 unspecified atom stereocenters. The van der Waals surface area contributed by atoms with Gasteiger partial charge in [-0.1, -0.05) is 104 Å². The van der Waals surface area contributed by atoms with E-state index in [-0.39, 0.29) is 15.1 Å². The van der Waals surface area contributed by atoms with E-state index in [0.29, 0.717) is 23.4 Å². The Morgan fingerprint density at radius 3 is 1.87 bits per heavy atom. The summed E-state index contributed by atoms with van der Waals surface area (Å²) in [6, 6.07) is 2.24. The highest BCUT2D eigenvalue weighted by atomic mass is 35.6. The largest absolute Gasteiger partial charge is 0.327 e. The van der Waals surface area contributed by atoms with Gasteiger partial charge in [-0.25, -0.2) is 21.8 Å². The Hall–Kier alpha value is 1.89. The fraction of sp³-hybridized carbons (Fsp3) is 0.300. The first-order valence-corrected chi connectivity index (χ1v) is 14.4. The SMILES string of the molecule is O=S(=O)(c1nc2c(S(=O)(=O)C(Cl)(Cl)Cl)cc(SOOC(Cl)(Cl)Cl)cc2s1)C(Cl)(Cl)Cl. The van der Waals surface area contributed by atoms with Crippen molar-refractivity contribution in [3.63, 3.8) is 0 Å². The quantitative estimate of drug-likeness (QED) is 0.148. The van der Waals surface area contributed by atoms with E-state index in [1.807, 2.05) is 0 Å².